The Balaban J connectivity index is 1.52. The van der Waals surface area contributed by atoms with Crippen LogP contribution in [-0.2, 0) is 11.2 Å². The van der Waals surface area contributed by atoms with Gasteiger partial charge in [-0.15, -0.1) is 0 Å². The summed E-state index contributed by atoms with van der Waals surface area (Å²) in [4.78, 5) is 16.9. The third kappa shape index (κ3) is 3.09. The first kappa shape index (κ1) is 16.0. The molecule has 0 radical (unpaired) electrons. The molecule has 2 aromatic rings. The molecule has 1 atom stereocenters. The van der Waals surface area contributed by atoms with Crippen LogP contribution >= 0.6 is 0 Å². The molecule has 1 aromatic carbocycles. The predicted molar refractivity (Wildman–Crippen MR) is 96.1 cm³/mol. The molecule has 0 bridgehead atoms. The van der Waals surface area contributed by atoms with Gasteiger partial charge in [-0.05, 0) is 43.2 Å². The van der Waals surface area contributed by atoms with E-state index in [1.807, 2.05) is 31.2 Å². The zero-order chi connectivity index (χ0) is 17.4. The summed E-state index contributed by atoms with van der Waals surface area (Å²) in [6.45, 7) is 4.46. The van der Waals surface area contributed by atoms with Gasteiger partial charge < -0.3 is 24.3 Å². The van der Waals surface area contributed by atoms with Crippen LogP contribution in [-0.4, -0.2) is 44.3 Å². The van der Waals surface area contributed by atoms with Gasteiger partial charge in [0.15, 0.2) is 0 Å². The van der Waals surface area contributed by atoms with E-state index in [-0.39, 0.29) is 12.1 Å². The molecule has 6 nitrogen and oxygen atoms in total. The summed E-state index contributed by atoms with van der Waals surface area (Å²) < 4.78 is 11.3. The monoisotopic (exact) mass is 341 g/mol. The Bertz CT molecular complexity index is 786. The van der Waals surface area contributed by atoms with Crippen LogP contribution in [0.2, 0.25) is 0 Å². The molecule has 2 amide bonds. The van der Waals surface area contributed by atoms with Gasteiger partial charge in [-0.25, -0.2) is 4.79 Å². The Hall–Kier alpha value is -2.47. The Labute approximate surface area is 147 Å². The summed E-state index contributed by atoms with van der Waals surface area (Å²) in [5.74, 6) is 1.60. The molecule has 0 aliphatic carbocycles. The van der Waals surface area contributed by atoms with Crippen LogP contribution in [0.25, 0.3) is 0 Å². The molecule has 1 saturated heterocycles. The number of amides is 2. The minimum Gasteiger partial charge on any atom is -0.464 e. The molecule has 25 heavy (non-hydrogen) atoms. The molecule has 1 N–H and O–H groups in total. The fourth-order valence-electron chi connectivity index (χ4n) is 3.53. The van der Waals surface area contributed by atoms with Gasteiger partial charge in [-0.2, -0.15) is 0 Å². The topological polar surface area (TPSA) is 58.0 Å². The van der Waals surface area contributed by atoms with Gasteiger partial charge in [-0.1, -0.05) is 6.07 Å². The third-order valence-corrected chi connectivity index (χ3v) is 4.94. The maximum Gasteiger partial charge on any atom is 0.322 e. The van der Waals surface area contributed by atoms with Crippen molar-refractivity contribution < 1.29 is 13.9 Å². The summed E-state index contributed by atoms with van der Waals surface area (Å²) in [5.41, 5.74) is 3.34. The maximum atomic E-state index is 12.8. The highest BCUT2D eigenvalue weighted by molar-refractivity contribution is 5.90. The molecule has 0 spiro atoms. The van der Waals surface area contributed by atoms with Crippen molar-refractivity contribution >= 4 is 17.4 Å². The molecule has 0 saturated carbocycles. The predicted octanol–water partition coefficient (Wildman–Crippen LogP) is 3.19. The lowest BCUT2D eigenvalue weighted by molar-refractivity contribution is 0.00710. The van der Waals surface area contributed by atoms with E-state index < -0.39 is 0 Å². The number of urea groups is 1. The van der Waals surface area contributed by atoms with Crippen LogP contribution in [0.4, 0.5) is 16.2 Å². The summed E-state index contributed by atoms with van der Waals surface area (Å²) >= 11 is 0. The second-order valence-corrected chi connectivity index (χ2v) is 6.68. The largest absolute Gasteiger partial charge is 0.464 e. The number of carbonyl (C=O) groups is 1. The zero-order valence-electron chi connectivity index (χ0n) is 14.6. The highest BCUT2D eigenvalue weighted by Gasteiger charge is 2.31. The number of benzene rings is 1. The van der Waals surface area contributed by atoms with E-state index in [9.17, 15) is 4.79 Å². The first-order valence-electron chi connectivity index (χ1n) is 8.67. The maximum absolute atomic E-state index is 12.8. The molecule has 1 aromatic heterocycles. The lowest BCUT2D eigenvalue weighted by Gasteiger charge is -2.34. The van der Waals surface area contributed by atoms with Gasteiger partial charge in [0.25, 0.3) is 0 Å². The minimum absolute atomic E-state index is 0.122. The number of nitrogens with zero attached hydrogens (tertiary/aromatic N) is 2. The number of hydrogen-bond acceptors (Lipinski definition) is 4. The Morgan fingerprint density at radius 2 is 2.12 bits per heavy atom. The van der Waals surface area contributed by atoms with Crippen LogP contribution < -0.4 is 10.2 Å². The highest BCUT2D eigenvalue weighted by Crippen LogP contribution is 2.31. The van der Waals surface area contributed by atoms with E-state index in [2.05, 4.69) is 23.3 Å². The molecule has 6 heteroatoms. The van der Waals surface area contributed by atoms with Crippen molar-refractivity contribution in [2.75, 3.05) is 43.6 Å². The average molecular weight is 341 g/mol. The number of ether oxygens (including phenoxy) is 1. The molecular formula is C19H23N3O3. The first-order valence-corrected chi connectivity index (χ1v) is 8.67. The smallest absolute Gasteiger partial charge is 0.322 e. The second kappa shape index (κ2) is 6.44. The number of carbonyl (C=O) groups excluding carboxylic acids is 1. The van der Waals surface area contributed by atoms with Crippen LogP contribution in [0.5, 0.6) is 0 Å². The van der Waals surface area contributed by atoms with Crippen molar-refractivity contribution in [2.45, 2.75) is 19.4 Å². The fraction of sp³-hybridized carbons (Fsp3) is 0.421. The number of fused-ring (bicyclic) bond motifs is 1. The number of nitrogens with one attached hydrogen (secondary N) is 1. The van der Waals surface area contributed by atoms with Gasteiger partial charge in [0.1, 0.15) is 17.6 Å². The standard InChI is InChI=1S/C19H23N3O3/c1-13-3-6-18(25-13)17-12-24-10-9-22(17)19(23)20-15-5-4-14-7-8-21(2)16(14)11-15/h3-6,11,17H,7-10,12H2,1-2H3,(H,20,23). The van der Waals surface area contributed by atoms with Gasteiger partial charge in [0.2, 0.25) is 0 Å². The Morgan fingerprint density at radius 3 is 2.92 bits per heavy atom. The van der Waals surface area contributed by atoms with E-state index in [0.717, 1.165) is 30.2 Å². The molecule has 1 fully saturated rings. The summed E-state index contributed by atoms with van der Waals surface area (Å²) in [6.07, 6.45) is 1.06. The average Bonchev–Trinajstić information content (AvgIpc) is 3.21. The van der Waals surface area contributed by atoms with E-state index in [0.29, 0.717) is 19.8 Å². The van der Waals surface area contributed by atoms with E-state index >= 15 is 0 Å². The van der Waals surface area contributed by atoms with E-state index in [1.165, 1.54) is 11.3 Å². The number of likely N-dealkylation sites (N-methyl/N-ethyl adjacent to an activating group) is 1. The SMILES string of the molecule is Cc1ccc(C2COCCN2C(=O)Nc2ccc3c(c2)N(C)CC3)o1. The molecule has 2 aliphatic heterocycles. The van der Waals surface area contributed by atoms with E-state index in [4.69, 9.17) is 9.15 Å². The fourth-order valence-corrected chi connectivity index (χ4v) is 3.53. The lowest BCUT2D eigenvalue weighted by atomic mass is 10.1. The third-order valence-electron chi connectivity index (χ3n) is 4.94. The van der Waals surface area contributed by atoms with Gasteiger partial charge in [0, 0.05) is 31.5 Å². The van der Waals surface area contributed by atoms with Crippen LogP contribution in [0.3, 0.4) is 0 Å². The zero-order valence-corrected chi connectivity index (χ0v) is 14.6. The van der Waals surface area contributed by atoms with E-state index in [1.54, 1.807) is 4.90 Å². The Kier molecular flexibility index (Phi) is 4.13. The normalized spacial score (nSPS) is 19.8. The van der Waals surface area contributed by atoms with Crippen molar-refractivity contribution in [3.63, 3.8) is 0 Å². The minimum atomic E-state index is -0.195. The number of rotatable bonds is 2. The van der Waals surface area contributed by atoms with Gasteiger partial charge in [-0.3, -0.25) is 0 Å². The number of morpholine rings is 1. The summed E-state index contributed by atoms with van der Waals surface area (Å²) in [6, 6.07) is 9.63. The lowest BCUT2D eigenvalue weighted by Crippen LogP contribution is -2.45. The number of anilines is 2. The Morgan fingerprint density at radius 1 is 1.24 bits per heavy atom. The molecular weight excluding hydrogens is 318 g/mol. The van der Waals surface area contributed by atoms with Crippen LogP contribution in [0.15, 0.2) is 34.7 Å². The number of aryl methyl sites for hydroxylation is 1. The summed E-state index contributed by atoms with van der Waals surface area (Å²) in [7, 11) is 2.08. The van der Waals surface area contributed by atoms with Crippen LogP contribution in [0.1, 0.15) is 23.1 Å². The molecule has 2 aliphatic rings. The van der Waals surface area contributed by atoms with Gasteiger partial charge >= 0.3 is 6.03 Å². The van der Waals surface area contributed by atoms with Crippen molar-refractivity contribution in [1.82, 2.24) is 4.90 Å². The molecule has 3 heterocycles. The molecule has 1 unspecified atom stereocenters. The highest BCUT2D eigenvalue weighted by atomic mass is 16.5. The van der Waals surface area contributed by atoms with Crippen molar-refractivity contribution in [2.24, 2.45) is 0 Å². The second-order valence-electron chi connectivity index (χ2n) is 6.68. The molecule has 132 valence electrons. The quantitative estimate of drug-likeness (QED) is 0.911. The molecule has 4 rings (SSSR count). The van der Waals surface area contributed by atoms with Crippen molar-refractivity contribution in [3.8, 4) is 0 Å². The van der Waals surface area contributed by atoms with Crippen molar-refractivity contribution in [3.05, 3.63) is 47.4 Å². The number of furan rings is 1. The first-order chi connectivity index (χ1) is 12.1. The summed E-state index contributed by atoms with van der Waals surface area (Å²) in [5, 5.41) is 3.03. The van der Waals surface area contributed by atoms with Crippen LogP contribution in [0, 0.1) is 6.92 Å². The number of hydrogen-bond donors (Lipinski definition) is 1. The van der Waals surface area contributed by atoms with Crippen molar-refractivity contribution in [1.29, 1.82) is 0 Å². The van der Waals surface area contributed by atoms with Gasteiger partial charge in [0.05, 0.1) is 13.2 Å².